The molecule has 1 aliphatic carbocycles. The molecule has 36 heavy (non-hydrogen) atoms. The monoisotopic (exact) mass is 486 g/mol. The van der Waals surface area contributed by atoms with E-state index in [1.54, 1.807) is 0 Å². The fraction of sp³-hybridized carbons (Fsp3) is 0.448. The summed E-state index contributed by atoms with van der Waals surface area (Å²) >= 11 is 0. The fourth-order valence-electron chi connectivity index (χ4n) is 4.98. The highest BCUT2D eigenvalue weighted by atomic mass is 16.5. The van der Waals surface area contributed by atoms with E-state index >= 15 is 0 Å². The molecule has 1 aromatic heterocycles. The molecule has 7 nitrogen and oxygen atoms in total. The Morgan fingerprint density at radius 3 is 2.50 bits per heavy atom. The van der Waals surface area contributed by atoms with Crippen LogP contribution in [0.4, 0.5) is 0 Å². The number of likely N-dealkylation sites (tertiary alicyclic amines) is 1. The van der Waals surface area contributed by atoms with Gasteiger partial charge in [-0.15, -0.1) is 10.2 Å². The smallest absolute Gasteiger partial charge is 0.273 e. The Bertz CT molecular complexity index is 1210. The number of aromatic amines is 1. The molecule has 1 aliphatic heterocycles. The highest BCUT2D eigenvalue weighted by molar-refractivity contribution is 5.76. The molecule has 1 saturated heterocycles. The van der Waals surface area contributed by atoms with E-state index in [1.807, 2.05) is 35.2 Å². The molecule has 2 fully saturated rings. The molecule has 0 unspecified atom stereocenters. The lowest BCUT2D eigenvalue weighted by Gasteiger charge is -2.32. The molecular weight excluding hydrogens is 452 g/mol. The van der Waals surface area contributed by atoms with Crippen molar-refractivity contribution in [1.29, 1.82) is 0 Å². The number of amides is 1. The van der Waals surface area contributed by atoms with Gasteiger partial charge in [-0.2, -0.15) is 0 Å². The normalized spacial score (nSPS) is 16.5. The summed E-state index contributed by atoms with van der Waals surface area (Å²) in [4.78, 5) is 30.2. The minimum Gasteiger partial charge on any atom is -0.493 e. The molecule has 2 heterocycles. The largest absolute Gasteiger partial charge is 0.493 e. The van der Waals surface area contributed by atoms with Crippen molar-refractivity contribution >= 4 is 5.91 Å². The Balaban J connectivity index is 1.11. The van der Waals surface area contributed by atoms with Crippen molar-refractivity contribution in [3.63, 3.8) is 0 Å². The van der Waals surface area contributed by atoms with Gasteiger partial charge in [0.1, 0.15) is 11.4 Å². The van der Waals surface area contributed by atoms with Gasteiger partial charge in [0.15, 0.2) is 5.82 Å². The number of nitrogens with one attached hydrogen (secondary N) is 1. The van der Waals surface area contributed by atoms with E-state index in [9.17, 15) is 9.59 Å². The molecule has 0 radical (unpaired) electrons. The number of hydrogen-bond donors (Lipinski definition) is 1. The molecule has 1 N–H and O–H groups in total. The van der Waals surface area contributed by atoms with E-state index in [4.69, 9.17) is 4.74 Å². The van der Waals surface area contributed by atoms with Gasteiger partial charge < -0.3 is 14.6 Å². The van der Waals surface area contributed by atoms with Crippen LogP contribution in [0.1, 0.15) is 49.8 Å². The van der Waals surface area contributed by atoms with E-state index in [2.05, 4.69) is 39.4 Å². The second-order valence-electron chi connectivity index (χ2n) is 10.1. The van der Waals surface area contributed by atoms with Crippen molar-refractivity contribution in [3.8, 4) is 17.1 Å². The zero-order valence-corrected chi connectivity index (χ0v) is 20.7. The summed E-state index contributed by atoms with van der Waals surface area (Å²) in [6.07, 6.45) is 7.40. The van der Waals surface area contributed by atoms with Gasteiger partial charge in [-0.1, -0.05) is 48.9 Å². The van der Waals surface area contributed by atoms with Crippen LogP contribution in [0, 0.1) is 11.8 Å². The minimum absolute atomic E-state index is 0.0785. The lowest BCUT2D eigenvalue weighted by Crippen LogP contribution is -2.39. The third-order valence-corrected chi connectivity index (χ3v) is 7.49. The first kappa shape index (κ1) is 24.2. The maximum absolute atomic E-state index is 12.8. The standard InChI is InChI=1S/C29H34N4O3/c34-27(33-16-14-22(15-17-33)18-21-6-2-1-3-7-21)13-12-26-29(35)30-28(32-31-26)24-10-5-11-25(19-24)36-20-23-8-4-9-23/h1-3,5-7,10-11,19,22-23H,4,8-9,12-18,20H2,(H,30,32,35). The third-order valence-electron chi connectivity index (χ3n) is 7.49. The van der Waals surface area contributed by atoms with Crippen LogP contribution in [0.2, 0.25) is 0 Å². The number of aryl methyl sites for hydroxylation is 1. The summed E-state index contributed by atoms with van der Waals surface area (Å²) in [6.45, 7) is 2.27. The summed E-state index contributed by atoms with van der Waals surface area (Å²) in [5, 5.41) is 8.38. The average Bonchev–Trinajstić information content (AvgIpc) is 2.88. The van der Waals surface area contributed by atoms with Crippen LogP contribution in [-0.4, -0.2) is 45.7 Å². The van der Waals surface area contributed by atoms with Gasteiger partial charge in [-0.25, -0.2) is 0 Å². The van der Waals surface area contributed by atoms with Crippen molar-refractivity contribution in [1.82, 2.24) is 20.1 Å². The fourth-order valence-corrected chi connectivity index (χ4v) is 4.98. The molecule has 0 bridgehead atoms. The number of carbonyl (C=O) groups is 1. The Morgan fingerprint density at radius 2 is 1.78 bits per heavy atom. The number of carbonyl (C=O) groups excluding carboxylic acids is 1. The van der Waals surface area contributed by atoms with Crippen LogP contribution in [0.15, 0.2) is 59.4 Å². The van der Waals surface area contributed by atoms with E-state index in [-0.39, 0.29) is 24.3 Å². The summed E-state index contributed by atoms with van der Waals surface area (Å²) < 4.78 is 5.90. The van der Waals surface area contributed by atoms with E-state index in [0.29, 0.717) is 23.4 Å². The van der Waals surface area contributed by atoms with Crippen molar-refractivity contribution in [2.24, 2.45) is 11.8 Å². The third kappa shape index (κ3) is 6.20. The second-order valence-corrected chi connectivity index (χ2v) is 10.1. The number of rotatable bonds is 9. The summed E-state index contributed by atoms with van der Waals surface area (Å²) in [5.74, 6) is 2.51. The van der Waals surface area contributed by atoms with Gasteiger partial charge >= 0.3 is 0 Å². The Kier molecular flexibility index (Phi) is 7.74. The van der Waals surface area contributed by atoms with Crippen LogP contribution in [-0.2, 0) is 17.6 Å². The van der Waals surface area contributed by atoms with Crippen LogP contribution in [0.3, 0.4) is 0 Å². The lowest BCUT2D eigenvalue weighted by molar-refractivity contribution is -0.132. The predicted molar refractivity (Wildman–Crippen MR) is 139 cm³/mol. The van der Waals surface area contributed by atoms with Crippen LogP contribution in [0.25, 0.3) is 11.4 Å². The van der Waals surface area contributed by atoms with Gasteiger partial charge in [-0.05, 0) is 61.6 Å². The lowest BCUT2D eigenvalue weighted by atomic mass is 9.86. The molecule has 2 aromatic carbocycles. The number of hydrogen-bond acceptors (Lipinski definition) is 5. The maximum atomic E-state index is 12.8. The summed E-state index contributed by atoms with van der Waals surface area (Å²) in [7, 11) is 0. The number of nitrogens with zero attached hydrogens (tertiary/aromatic N) is 3. The van der Waals surface area contributed by atoms with E-state index < -0.39 is 0 Å². The zero-order chi connectivity index (χ0) is 24.7. The summed E-state index contributed by atoms with van der Waals surface area (Å²) in [6, 6.07) is 18.1. The van der Waals surface area contributed by atoms with Crippen molar-refractivity contribution in [2.45, 2.75) is 51.4 Å². The molecule has 1 amide bonds. The molecule has 3 aromatic rings. The molecule has 7 heteroatoms. The Hall–Kier alpha value is -3.48. The quantitative estimate of drug-likeness (QED) is 0.484. The van der Waals surface area contributed by atoms with Gasteiger partial charge in [0.05, 0.1) is 6.61 Å². The molecule has 2 aliphatic rings. The average molecular weight is 487 g/mol. The molecule has 0 atom stereocenters. The summed E-state index contributed by atoms with van der Waals surface area (Å²) in [5.41, 5.74) is 2.11. The minimum atomic E-state index is -0.296. The maximum Gasteiger partial charge on any atom is 0.273 e. The molecule has 188 valence electrons. The highest BCUT2D eigenvalue weighted by Crippen LogP contribution is 2.28. The molecule has 5 rings (SSSR count). The molecule has 1 saturated carbocycles. The first-order valence-electron chi connectivity index (χ1n) is 13.1. The number of ether oxygens (including phenoxy) is 1. The van der Waals surface area contributed by atoms with E-state index in [1.165, 1.54) is 24.8 Å². The van der Waals surface area contributed by atoms with Gasteiger partial charge in [0, 0.05) is 31.5 Å². The SMILES string of the molecule is O=C(CCc1nnc(-c2cccc(OCC3CCC3)c2)[nH]c1=O)N1CCC(Cc2ccccc2)CC1. The predicted octanol–water partition coefficient (Wildman–Crippen LogP) is 4.42. The number of aromatic nitrogens is 3. The zero-order valence-electron chi connectivity index (χ0n) is 20.7. The second kappa shape index (κ2) is 11.5. The van der Waals surface area contributed by atoms with Gasteiger partial charge in [-0.3, -0.25) is 9.59 Å². The highest BCUT2D eigenvalue weighted by Gasteiger charge is 2.23. The van der Waals surface area contributed by atoms with E-state index in [0.717, 1.165) is 50.3 Å². The van der Waals surface area contributed by atoms with Crippen molar-refractivity contribution in [2.75, 3.05) is 19.7 Å². The van der Waals surface area contributed by atoms with Crippen molar-refractivity contribution < 1.29 is 9.53 Å². The van der Waals surface area contributed by atoms with Crippen LogP contribution in [0.5, 0.6) is 5.75 Å². The topological polar surface area (TPSA) is 88.2 Å². The Morgan fingerprint density at radius 1 is 0.972 bits per heavy atom. The first-order chi connectivity index (χ1) is 17.6. The van der Waals surface area contributed by atoms with Crippen molar-refractivity contribution in [3.05, 3.63) is 76.2 Å². The molecular formula is C29H34N4O3. The first-order valence-corrected chi connectivity index (χ1v) is 13.1. The van der Waals surface area contributed by atoms with Crippen LogP contribution < -0.4 is 10.3 Å². The van der Waals surface area contributed by atoms with Crippen LogP contribution >= 0.6 is 0 Å². The van der Waals surface area contributed by atoms with Gasteiger partial charge in [0.25, 0.3) is 5.56 Å². The molecule has 0 spiro atoms. The van der Waals surface area contributed by atoms with Gasteiger partial charge in [0.2, 0.25) is 5.91 Å². The number of piperidine rings is 1. The number of benzene rings is 2. The Labute approximate surface area is 211 Å². The number of H-pyrrole nitrogens is 1.